The Balaban J connectivity index is 3.06. The van der Waals surface area contributed by atoms with Crippen molar-refractivity contribution in [1.82, 2.24) is 4.90 Å². The predicted octanol–water partition coefficient (Wildman–Crippen LogP) is 0.990. The lowest BCUT2D eigenvalue weighted by atomic mass is 10.1. The van der Waals surface area contributed by atoms with E-state index in [1.54, 1.807) is 0 Å². The second-order valence-corrected chi connectivity index (χ2v) is 5.07. The van der Waals surface area contributed by atoms with Crippen LogP contribution in [0.25, 0.3) is 0 Å². The van der Waals surface area contributed by atoms with Gasteiger partial charge in [-0.3, -0.25) is 19.7 Å². The molecule has 1 rings (SSSR count). The van der Waals surface area contributed by atoms with Gasteiger partial charge in [-0.1, -0.05) is 0 Å². The number of rotatable bonds is 8. The summed E-state index contributed by atoms with van der Waals surface area (Å²) in [6.07, 6.45) is -0.868. The third-order valence-electron chi connectivity index (χ3n) is 3.21. The number of carbonyl (C=O) groups excluding carboxylic acids is 2. The Morgan fingerprint density at radius 1 is 1.38 bits per heavy atom. The second-order valence-electron chi connectivity index (χ2n) is 5.07. The molecule has 1 N–H and O–H groups in total. The summed E-state index contributed by atoms with van der Waals surface area (Å²) in [7, 11) is 2.52. The zero-order valence-corrected chi connectivity index (χ0v) is 13.7. The largest absolute Gasteiger partial charge is 0.490 e. The van der Waals surface area contributed by atoms with E-state index in [4.69, 9.17) is 4.74 Å². The Bertz CT molecular complexity index is 616. The highest BCUT2D eigenvalue weighted by atomic mass is 16.6. The summed E-state index contributed by atoms with van der Waals surface area (Å²) in [5.41, 5.74) is -0.277. The molecule has 1 unspecified atom stereocenters. The van der Waals surface area contributed by atoms with Crippen LogP contribution in [0, 0.1) is 10.1 Å². The van der Waals surface area contributed by atoms with E-state index in [-0.39, 0.29) is 36.5 Å². The highest BCUT2D eigenvalue weighted by molar-refractivity contribution is 5.95. The van der Waals surface area contributed by atoms with E-state index >= 15 is 0 Å². The number of amides is 1. The van der Waals surface area contributed by atoms with Gasteiger partial charge in [-0.05, 0) is 19.1 Å². The quantitative estimate of drug-likeness (QED) is 0.426. The van der Waals surface area contributed by atoms with Gasteiger partial charge in [0.15, 0.2) is 5.75 Å². The van der Waals surface area contributed by atoms with Gasteiger partial charge < -0.3 is 19.5 Å². The van der Waals surface area contributed by atoms with Crippen molar-refractivity contribution >= 4 is 17.6 Å². The van der Waals surface area contributed by atoms with Gasteiger partial charge in [-0.15, -0.1) is 0 Å². The Morgan fingerprint density at radius 2 is 2.04 bits per heavy atom. The maximum absolute atomic E-state index is 12.6. The van der Waals surface area contributed by atoms with Crippen LogP contribution in [0.3, 0.4) is 0 Å². The van der Waals surface area contributed by atoms with Crippen LogP contribution in [0.1, 0.15) is 23.7 Å². The summed E-state index contributed by atoms with van der Waals surface area (Å²) in [6.45, 7) is 1.50. The highest BCUT2D eigenvalue weighted by Gasteiger charge is 2.23. The first-order valence-electron chi connectivity index (χ1n) is 7.16. The SMILES string of the molecule is COC(=O)CCN(CC(C)O)C(=O)c1ccc(OC)c([N+](=O)[O-])c1. The molecule has 1 aromatic rings. The number of aliphatic hydroxyl groups is 1. The number of nitro benzene ring substituents is 1. The molecule has 0 aromatic heterocycles. The Morgan fingerprint density at radius 3 is 2.54 bits per heavy atom. The minimum absolute atomic E-state index is 0.0182. The van der Waals surface area contributed by atoms with Gasteiger partial charge in [-0.25, -0.2) is 0 Å². The van der Waals surface area contributed by atoms with Crippen molar-refractivity contribution in [2.45, 2.75) is 19.4 Å². The average molecular weight is 340 g/mol. The molecule has 24 heavy (non-hydrogen) atoms. The third-order valence-corrected chi connectivity index (χ3v) is 3.21. The standard InChI is InChI=1S/C15H20N2O7/c1-10(18)9-16(7-6-14(19)24-3)15(20)11-4-5-13(23-2)12(8-11)17(21)22/h4-5,8,10,18H,6-7,9H2,1-3H3. The second kappa shape index (κ2) is 8.82. The molecule has 0 aliphatic heterocycles. The monoisotopic (exact) mass is 340 g/mol. The number of nitrogens with zero attached hydrogens (tertiary/aromatic N) is 2. The molecule has 0 radical (unpaired) electrons. The summed E-state index contributed by atoms with van der Waals surface area (Å²) in [5.74, 6) is -1.00. The van der Waals surface area contributed by atoms with Crippen LogP contribution in [-0.2, 0) is 9.53 Å². The fourth-order valence-corrected chi connectivity index (χ4v) is 2.07. The number of methoxy groups -OCH3 is 2. The molecule has 0 spiro atoms. The molecule has 9 nitrogen and oxygen atoms in total. The zero-order valence-electron chi connectivity index (χ0n) is 13.7. The first kappa shape index (κ1) is 19.4. The predicted molar refractivity (Wildman–Crippen MR) is 83.9 cm³/mol. The van der Waals surface area contributed by atoms with Gasteiger partial charge in [-0.2, -0.15) is 0 Å². The van der Waals surface area contributed by atoms with E-state index in [1.165, 1.54) is 38.2 Å². The number of benzene rings is 1. The van der Waals surface area contributed by atoms with E-state index in [2.05, 4.69) is 4.74 Å². The van der Waals surface area contributed by atoms with Crippen LogP contribution in [0.4, 0.5) is 5.69 Å². The van der Waals surface area contributed by atoms with Crippen molar-refractivity contribution in [3.63, 3.8) is 0 Å². The maximum Gasteiger partial charge on any atom is 0.311 e. The first-order valence-corrected chi connectivity index (χ1v) is 7.16. The molecule has 0 saturated heterocycles. The number of esters is 1. The van der Waals surface area contributed by atoms with Crippen molar-refractivity contribution in [2.75, 3.05) is 27.3 Å². The van der Waals surface area contributed by atoms with Gasteiger partial charge in [0, 0.05) is 24.7 Å². The van der Waals surface area contributed by atoms with Gasteiger partial charge in [0.05, 0.1) is 31.7 Å². The molecular formula is C15H20N2O7. The van der Waals surface area contributed by atoms with Crippen LogP contribution < -0.4 is 4.74 Å². The van der Waals surface area contributed by atoms with Crippen LogP contribution in [0.5, 0.6) is 5.75 Å². The van der Waals surface area contributed by atoms with Gasteiger partial charge in [0.25, 0.3) is 5.91 Å². The minimum Gasteiger partial charge on any atom is -0.490 e. The molecule has 1 atom stereocenters. The molecule has 9 heteroatoms. The van der Waals surface area contributed by atoms with Gasteiger partial charge in [0.2, 0.25) is 0 Å². The van der Waals surface area contributed by atoms with Gasteiger partial charge >= 0.3 is 11.7 Å². The molecule has 132 valence electrons. The summed E-state index contributed by atoms with van der Waals surface area (Å²) >= 11 is 0. The lowest BCUT2D eigenvalue weighted by Gasteiger charge is -2.23. The molecule has 0 saturated carbocycles. The van der Waals surface area contributed by atoms with E-state index in [0.717, 1.165) is 6.07 Å². The summed E-state index contributed by atoms with van der Waals surface area (Å²) in [6, 6.07) is 3.82. The topological polar surface area (TPSA) is 119 Å². The highest BCUT2D eigenvalue weighted by Crippen LogP contribution is 2.28. The lowest BCUT2D eigenvalue weighted by Crippen LogP contribution is -2.38. The van der Waals surface area contributed by atoms with Crippen molar-refractivity contribution < 1.29 is 29.1 Å². The molecule has 0 bridgehead atoms. The van der Waals surface area contributed by atoms with Crippen LogP contribution in [0.2, 0.25) is 0 Å². The van der Waals surface area contributed by atoms with Crippen LogP contribution in [-0.4, -0.2) is 60.2 Å². The summed E-state index contributed by atoms with van der Waals surface area (Å²) in [4.78, 5) is 35.5. The lowest BCUT2D eigenvalue weighted by molar-refractivity contribution is -0.385. The average Bonchev–Trinajstić information content (AvgIpc) is 2.56. The normalized spacial score (nSPS) is 11.5. The number of ether oxygens (including phenoxy) is 2. The Labute approximate surface area is 138 Å². The van der Waals surface area contributed by atoms with Crippen molar-refractivity contribution in [3.05, 3.63) is 33.9 Å². The van der Waals surface area contributed by atoms with Crippen molar-refractivity contribution in [2.24, 2.45) is 0 Å². The number of carbonyl (C=O) groups is 2. The summed E-state index contributed by atoms with van der Waals surface area (Å²) in [5, 5.41) is 20.6. The van der Waals surface area contributed by atoms with Crippen molar-refractivity contribution in [1.29, 1.82) is 0 Å². The van der Waals surface area contributed by atoms with Gasteiger partial charge in [0.1, 0.15) is 0 Å². The molecule has 0 heterocycles. The van der Waals surface area contributed by atoms with Crippen molar-refractivity contribution in [3.8, 4) is 5.75 Å². The maximum atomic E-state index is 12.6. The first-order chi connectivity index (χ1) is 11.3. The van der Waals surface area contributed by atoms with E-state index in [1.807, 2.05) is 0 Å². The Kier molecular flexibility index (Phi) is 7.12. The molecule has 0 aliphatic carbocycles. The molecule has 1 aromatic carbocycles. The third kappa shape index (κ3) is 5.20. The number of hydrogen-bond donors (Lipinski definition) is 1. The van der Waals surface area contributed by atoms with Crippen LogP contribution >= 0.6 is 0 Å². The fourth-order valence-electron chi connectivity index (χ4n) is 2.07. The van der Waals surface area contributed by atoms with E-state index < -0.39 is 22.9 Å². The number of hydrogen-bond acceptors (Lipinski definition) is 7. The molecule has 0 fully saturated rings. The minimum atomic E-state index is -0.820. The molecule has 1 amide bonds. The van der Waals surface area contributed by atoms with E-state index in [9.17, 15) is 24.8 Å². The zero-order chi connectivity index (χ0) is 18.3. The molecule has 0 aliphatic rings. The number of nitro groups is 1. The number of aliphatic hydroxyl groups excluding tert-OH is 1. The Hall–Kier alpha value is -2.68. The fraction of sp³-hybridized carbons (Fsp3) is 0.467. The smallest absolute Gasteiger partial charge is 0.311 e. The van der Waals surface area contributed by atoms with E-state index in [0.29, 0.717) is 0 Å². The summed E-state index contributed by atoms with van der Waals surface area (Å²) < 4.78 is 9.42. The van der Waals surface area contributed by atoms with Crippen LogP contribution in [0.15, 0.2) is 18.2 Å². The molecular weight excluding hydrogens is 320 g/mol.